The monoisotopic (exact) mass is 327 g/mol. The molecule has 1 amide bonds. The van der Waals surface area contributed by atoms with Crippen LogP contribution < -0.4 is 5.32 Å². The Morgan fingerprint density at radius 3 is 2.74 bits per heavy atom. The van der Waals surface area contributed by atoms with Crippen LogP contribution in [0.4, 0.5) is 4.39 Å². The van der Waals surface area contributed by atoms with Crippen molar-refractivity contribution in [2.24, 2.45) is 11.8 Å². The first-order chi connectivity index (χ1) is 9.08. The Morgan fingerprint density at radius 1 is 1.37 bits per heavy atom. The Bertz CT molecular complexity index is 455. The van der Waals surface area contributed by atoms with Gasteiger partial charge in [0.15, 0.2) is 0 Å². The van der Waals surface area contributed by atoms with Crippen LogP contribution in [0.1, 0.15) is 43.0 Å². The van der Waals surface area contributed by atoms with Crippen molar-refractivity contribution in [1.82, 2.24) is 5.32 Å². The molecule has 2 nitrogen and oxygen atoms in total. The van der Waals surface area contributed by atoms with Crippen LogP contribution >= 0.6 is 15.9 Å². The first-order valence-corrected chi connectivity index (χ1v) is 7.59. The molecule has 0 spiro atoms. The molecule has 1 aromatic carbocycles. The van der Waals surface area contributed by atoms with E-state index in [1.165, 1.54) is 18.9 Å². The van der Waals surface area contributed by atoms with Crippen LogP contribution in [0.15, 0.2) is 22.7 Å². The summed E-state index contributed by atoms with van der Waals surface area (Å²) in [5.41, 5.74) is 0.110. The molecule has 2 rings (SSSR count). The number of hydrogen-bond donors (Lipinski definition) is 1. The Hall–Kier alpha value is -0.900. The summed E-state index contributed by atoms with van der Waals surface area (Å²) in [6.45, 7) is 2.92. The summed E-state index contributed by atoms with van der Waals surface area (Å²) in [7, 11) is 0. The highest BCUT2D eigenvalue weighted by atomic mass is 79.9. The quantitative estimate of drug-likeness (QED) is 0.887. The lowest BCUT2D eigenvalue weighted by Crippen LogP contribution is -2.31. The first kappa shape index (κ1) is 14.5. The molecule has 4 heteroatoms. The van der Waals surface area contributed by atoms with Crippen LogP contribution in [0.3, 0.4) is 0 Å². The molecule has 1 aliphatic carbocycles. The fourth-order valence-electron chi connectivity index (χ4n) is 2.54. The van der Waals surface area contributed by atoms with Crippen molar-refractivity contribution in [3.63, 3.8) is 0 Å². The normalized spacial score (nSPS) is 23.1. The van der Waals surface area contributed by atoms with Gasteiger partial charge in [0, 0.05) is 6.54 Å². The summed E-state index contributed by atoms with van der Waals surface area (Å²) >= 11 is 3.09. The van der Waals surface area contributed by atoms with Gasteiger partial charge in [0.2, 0.25) is 0 Å². The fourth-order valence-corrected chi connectivity index (χ4v) is 2.91. The van der Waals surface area contributed by atoms with E-state index in [9.17, 15) is 9.18 Å². The Morgan fingerprint density at radius 2 is 2.05 bits per heavy atom. The molecule has 0 aromatic heterocycles. The van der Waals surface area contributed by atoms with Crippen LogP contribution in [0.25, 0.3) is 0 Å². The number of rotatable bonds is 3. The van der Waals surface area contributed by atoms with Crippen LogP contribution in [-0.2, 0) is 0 Å². The third-order valence-corrected chi connectivity index (χ3v) is 4.50. The van der Waals surface area contributed by atoms with Gasteiger partial charge >= 0.3 is 0 Å². The maximum Gasteiger partial charge on any atom is 0.254 e. The molecule has 1 aromatic rings. The lowest BCUT2D eigenvalue weighted by Gasteiger charge is -2.26. The van der Waals surface area contributed by atoms with Gasteiger partial charge in [0.1, 0.15) is 5.82 Å². The molecule has 1 saturated carbocycles. The molecule has 1 aliphatic rings. The largest absolute Gasteiger partial charge is 0.352 e. The van der Waals surface area contributed by atoms with E-state index in [-0.39, 0.29) is 11.5 Å². The predicted octanol–water partition coefficient (Wildman–Crippen LogP) is 4.14. The van der Waals surface area contributed by atoms with Crippen molar-refractivity contribution in [3.8, 4) is 0 Å². The highest BCUT2D eigenvalue weighted by molar-refractivity contribution is 9.10. The number of amides is 1. The van der Waals surface area contributed by atoms with Gasteiger partial charge in [-0.1, -0.05) is 25.8 Å². The molecule has 0 unspecified atom stereocenters. The van der Waals surface area contributed by atoms with Crippen LogP contribution in [0, 0.1) is 17.7 Å². The van der Waals surface area contributed by atoms with Gasteiger partial charge in [-0.15, -0.1) is 0 Å². The van der Waals surface area contributed by atoms with Gasteiger partial charge in [-0.25, -0.2) is 4.39 Å². The van der Waals surface area contributed by atoms with Crippen molar-refractivity contribution < 1.29 is 9.18 Å². The second-order valence-electron chi connectivity index (χ2n) is 5.44. The summed E-state index contributed by atoms with van der Waals surface area (Å²) < 4.78 is 14.1. The smallest absolute Gasteiger partial charge is 0.254 e. The SMILES string of the molecule is CC1CCC(CNC(=O)c2cccc(Br)c2F)CC1. The van der Waals surface area contributed by atoms with E-state index < -0.39 is 5.82 Å². The second-order valence-corrected chi connectivity index (χ2v) is 6.29. The maximum absolute atomic E-state index is 13.8. The minimum absolute atomic E-state index is 0.110. The summed E-state index contributed by atoms with van der Waals surface area (Å²) in [6.07, 6.45) is 4.77. The molecule has 0 bridgehead atoms. The summed E-state index contributed by atoms with van der Waals surface area (Å²) in [6, 6.07) is 4.78. The van der Waals surface area contributed by atoms with E-state index in [4.69, 9.17) is 0 Å². The average Bonchev–Trinajstić information content (AvgIpc) is 2.41. The zero-order valence-electron chi connectivity index (χ0n) is 11.1. The molecule has 0 heterocycles. The molecule has 104 valence electrons. The van der Waals surface area contributed by atoms with Crippen molar-refractivity contribution in [1.29, 1.82) is 0 Å². The molecule has 1 N–H and O–H groups in total. The summed E-state index contributed by atoms with van der Waals surface area (Å²) in [4.78, 5) is 12.0. The Balaban J connectivity index is 1.89. The van der Waals surface area contributed by atoms with Gasteiger partial charge in [-0.3, -0.25) is 4.79 Å². The Kier molecular flexibility index (Phi) is 4.97. The van der Waals surface area contributed by atoms with Crippen LogP contribution in [0.5, 0.6) is 0 Å². The maximum atomic E-state index is 13.8. The van der Waals surface area contributed by atoms with Gasteiger partial charge in [-0.2, -0.15) is 0 Å². The van der Waals surface area contributed by atoms with E-state index in [1.54, 1.807) is 12.1 Å². The van der Waals surface area contributed by atoms with Gasteiger partial charge in [-0.05, 0) is 52.7 Å². The van der Waals surface area contributed by atoms with E-state index in [0.29, 0.717) is 16.9 Å². The molecular weight excluding hydrogens is 309 g/mol. The van der Waals surface area contributed by atoms with Gasteiger partial charge in [0.25, 0.3) is 5.91 Å². The van der Waals surface area contributed by atoms with Crippen molar-refractivity contribution in [2.45, 2.75) is 32.6 Å². The van der Waals surface area contributed by atoms with E-state index in [1.807, 2.05) is 0 Å². The van der Waals surface area contributed by atoms with Crippen molar-refractivity contribution in [2.75, 3.05) is 6.54 Å². The topological polar surface area (TPSA) is 29.1 Å². The standard InChI is InChI=1S/C15H19BrFNO/c1-10-5-7-11(8-6-10)9-18-15(19)12-3-2-4-13(16)14(12)17/h2-4,10-11H,5-9H2,1H3,(H,18,19). The third-order valence-electron chi connectivity index (χ3n) is 3.88. The minimum Gasteiger partial charge on any atom is -0.352 e. The zero-order valence-corrected chi connectivity index (χ0v) is 12.7. The number of benzene rings is 1. The lowest BCUT2D eigenvalue weighted by atomic mass is 9.83. The number of hydrogen-bond acceptors (Lipinski definition) is 1. The minimum atomic E-state index is -0.489. The summed E-state index contributed by atoms with van der Waals surface area (Å²) in [5, 5.41) is 2.85. The second kappa shape index (κ2) is 6.51. The van der Waals surface area contributed by atoms with Crippen LogP contribution in [-0.4, -0.2) is 12.5 Å². The highest BCUT2D eigenvalue weighted by Crippen LogP contribution is 2.27. The first-order valence-electron chi connectivity index (χ1n) is 6.80. The number of halogens is 2. The van der Waals surface area contributed by atoms with Crippen molar-refractivity contribution in [3.05, 3.63) is 34.1 Å². The Labute approximate surface area is 121 Å². The lowest BCUT2D eigenvalue weighted by molar-refractivity contribution is 0.0937. The number of carbonyl (C=O) groups excluding carboxylic acids is 1. The number of nitrogens with one attached hydrogen (secondary N) is 1. The zero-order chi connectivity index (χ0) is 13.8. The fraction of sp³-hybridized carbons (Fsp3) is 0.533. The third kappa shape index (κ3) is 3.78. The summed E-state index contributed by atoms with van der Waals surface area (Å²) in [5.74, 6) is 0.527. The number of carbonyl (C=O) groups is 1. The molecule has 0 atom stereocenters. The van der Waals surface area contributed by atoms with Gasteiger partial charge in [0.05, 0.1) is 10.0 Å². The average molecular weight is 328 g/mol. The highest BCUT2D eigenvalue weighted by Gasteiger charge is 2.20. The molecule has 1 fully saturated rings. The molecule has 0 radical (unpaired) electrons. The molecule has 0 saturated heterocycles. The molecule has 19 heavy (non-hydrogen) atoms. The molecular formula is C15H19BrFNO. The van der Waals surface area contributed by atoms with E-state index in [0.717, 1.165) is 18.8 Å². The van der Waals surface area contributed by atoms with Gasteiger partial charge < -0.3 is 5.32 Å². The van der Waals surface area contributed by atoms with E-state index >= 15 is 0 Å². The predicted molar refractivity (Wildman–Crippen MR) is 77.6 cm³/mol. The van der Waals surface area contributed by atoms with E-state index in [2.05, 4.69) is 28.2 Å². The van der Waals surface area contributed by atoms with Crippen molar-refractivity contribution >= 4 is 21.8 Å². The van der Waals surface area contributed by atoms with Crippen LogP contribution in [0.2, 0.25) is 0 Å². The molecule has 0 aliphatic heterocycles.